The second-order valence-corrected chi connectivity index (χ2v) is 5.65. The molecule has 0 bridgehead atoms. The van der Waals surface area contributed by atoms with Crippen molar-refractivity contribution in [2.24, 2.45) is 0 Å². The van der Waals surface area contributed by atoms with Gasteiger partial charge in [0.25, 0.3) is 11.8 Å². The highest BCUT2D eigenvalue weighted by molar-refractivity contribution is 6.30. The van der Waals surface area contributed by atoms with Crippen molar-refractivity contribution in [3.63, 3.8) is 0 Å². The fraction of sp³-hybridized carbons (Fsp3) is 0.294. The second-order valence-electron chi connectivity index (χ2n) is 5.21. The van der Waals surface area contributed by atoms with Gasteiger partial charge in [-0.3, -0.25) is 9.59 Å². The Morgan fingerprint density at radius 2 is 1.63 bits per heavy atom. The van der Waals surface area contributed by atoms with E-state index >= 15 is 0 Å². The first-order valence-electron chi connectivity index (χ1n) is 7.97. The Hall–Kier alpha value is -2.26. The number of rotatable bonds is 9. The molecule has 0 aliphatic rings. The van der Waals surface area contributed by atoms with E-state index < -0.39 is 11.8 Å². The summed E-state index contributed by atoms with van der Waals surface area (Å²) < 4.78 is 4.92. The number of nitrogens with one attached hydrogen (secondary N) is 3. The van der Waals surface area contributed by atoms with Crippen molar-refractivity contribution in [2.45, 2.75) is 0 Å². The summed E-state index contributed by atoms with van der Waals surface area (Å²) in [5, 5.41) is 9.02. The fourth-order valence-electron chi connectivity index (χ4n) is 2.04. The maximum Gasteiger partial charge on any atom is 0.276 e. The van der Waals surface area contributed by atoms with Crippen molar-refractivity contribution >= 4 is 41.5 Å². The molecule has 0 saturated heterocycles. The van der Waals surface area contributed by atoms with Gasteiger partial charge in [-0.25, -0.2) is 9.97 Å². The van der Waals surface area contributed by atoms with E-state index in [9.17, 15) is 9.59 Å². The Bertz CT molecular complexity index is 744. The van der Waals surface area contributed by atoms with E-state index in [2.05, 4.69) is 25.9 Å². The smallest absolute Gasteiger partial charge is 0.276 e. The van der Waals surface area contributed by atoms with Crippen LogP contribution in [0.2, 0.25) is 5.02 Å². The third kappa shape index (κ3) is 7.48. The Morgan fingerprint density at radius 1 is 1.00 bits per heavy atom. The normalized spacial score (nSPS) is 10.0. The van der Waals surface area contributed by atoms with E-state index in [0.29, 0.717) is 37.0 Å². The molecule has 1 aromatic heterocycles. The zero-order valence-corrected chi connectivity index (χ0v) is 16.3. The van der Waals surface area contributed by atoms with Gasteiger partial charge < -0.3 is 20.7 Å². The minimum Gasteiger partial charge on any atom is -0.383 e. The number of methoxy groups -OCH3 is 1. The summed E-state index contributed by atoms with van der Waals surface area (Å²) in [7, 11) is 1.62. The quantitative estimate of drug-likeness (QED) is 0.541. The number of hydrogen-bond acceptors (Lipinski definition) is 6. The molecule has 1 aromatic carbocycles. The van der Waals surface area contributed by atoms with Crippen LogP contribution in [0.15, 0.2) is 36.7 Å². The molecule has 1 heterocycles. The van der Waals surface area contributed by atoms with Crippen LogP contribution >= 0.6 is 24.0 Å². The number of carbonyl (C=O) groups is 2. The highest BCUT2D eigenvalue weighted by Gasteiger charge is 2.19. The monoisotopic (exact) mass is 413 g/mol. The maximum atomic E-state index is 12.4. The zero-order valence-electron chi connectivity index (χ0n) is 14.7. The van der Waals surface area contributed by atoms with Crippen LogP contribution in [0.5, 0.6) is 0 Å². The minimum absolute atomic E-state index is 0. The molecule has 0 fully saturated rings. The van der Waals surface area contributed by atoms with Crippen molar-refractivity contribution in [3.05, 3.63) is 53.1 Å². The number of carbonyl (C=O) groups excluding carboxylic acids is 2. The Kier molecular flexibility index (Phi) is 10.3. The summed E-state index contributed by atoms with van der Waals surface area (Å²) in [6, 6.07) is 6.61. The SMILES string of the molecule is COCCNCCNC(=O)c1nccnc1C(=O)Nc1ccc(Cl)cc1.Cl. The topological polar surface area (TPSA) is 105 Å². The third-order valence-electron chi connectivity index (χ3n) is 3.30. The van der Waals surface area contributed by atoms with E-state index in [1.807, 2.05) is 0 Å². The molecule has 27 heavy (non-hydrogen) atoms. The lowest BCUT2D eigenvalue weighted by Crippen LogP contribution is -2.34. The van der Waals surface area contributed by atoms with E-state index in [1.54, 1.807) is 31.4 Å². The Morgan fingerprint density at radius 3 is 2.26 bits per heavy atom. The van der Waals surface area contributed by atoms with Crippen molar-refractivity contribution < 1.29 is 14.3 Å². The van der Waals surface area contributed by atoms with Crippen molar-refractivity contribution in [3.8, 4) is 0 Å². The molecule has 0 aliphatic carbocycles. The molecule has 2 amide bonds. The number of anilines is 1. The summed E-state index contributed by atoms with van der Waals surface area (Å²) in [5.74, 6) is -0.989. The Balaban J connectivity index is 0.00000364. The van der Waals surface area contributed by atoms with E-state index in [1.165, 1.54) is 12.4 Å². The van der Waals surface area contributed by atoms with Crippen LogP contribution in [0.25, 0.3) is 0 Å². The number of benzene rings is 1. The number of ether oxygens (including phenoxy) is 1. The molecule has 10 heteroatoms. The summed E-state index contributed by atoms with van der Waals surface area (Å²) >= 11 is 5.82. The van der Waals surface area contributed by atoms with Gasteiger partial charge >= 0.3 is 0 Å². The molecule has 0 unspecified atom stereocenters. The average Bonchev–Trinajstić information content (AvgIpc) is 2.66. The molecule has 0 radical (unpaired) electrons. The lowest BCUT2D eigenvalue weighted by molar-refractivity contribution is 0.0933. The van der Waals surface area contributed by atoms with Gasteiger partial charge in [0.2, 0.25) is 0 Å². The average molecular weight is 414 g/mol. The van der Waals surface area contributed by atoms with Crippen LogP contribution < -0.4 is 16.0 Å². The molecule has 8 nitrogen and oxygen atoms in total. The maximum absolute atomic E-state index is 12.4. The lowest BCUT2D eigenvalue weighted by Gasteiger charge is -2.09. The highest BCUT2D eigenvalue weighted by atomic mass is 35.5. The number of halogens is 2. The fourth-order valence-corrected chi connectivity index (χ4v) is 2.17. The van der Waals surface area contributed by atoms with Gasteiger partial charge in [-0.15, -0.1) is 12.4 Å². The summed E-state index contributed by atoms with van der Waals surface area (Å²) in [5.41, 5.74) is 0.460. The van der Waals surface area contributed by atoms with Crippen LogP contribution in [0, 0.1) is 0 Å². The molecule has 146 valence electrons. The molecule has 0 saturated carbocycles. The van der Waals surface area contributed by atoms with Gasteiger partial charge in [0, 0.05) is 49.8 Å². The van der Waals surface area contributed by atoms with Crippen molar-refractivity contribution in [1.29, 1.82) is 0 Å². The minimum atomic E-state index is -0.524. The van der Waals surface area contributed by atoms with Gasteiger partial charge in [0.1, 0.15) is 0 Å². The molecule has 2 rings (SSSR count). The van der Waals surface area contributed by atoms with Crippen LogP contribution in [0.1, 0.15) is 21.0 Å². The second kappa shape index (κ2) is 12.2. The first-order chi connectivity index (χ1) is 12.6. The molecule has 0 atom stereocenters. The molecule has 0 spiro atoms. The van der Waals surface area contributed by atoms with E-state index in [-0.39, 0.29) is 23.8 Å². The standard InChI is InChI=1S/C17H20ClN5O3.ClH/c1-26-11-10-19-6-7-22-16(24)14-15(21-9-8-20-14)17(25)23-13-4-2-12(18)3-5-13;/h2-5,8-9,19H,6-7,10-11H2,1H3,(H,22,24)(H,23,25);1H. The van der Waals surface area contributed by atoms with Gasteiger partial charge in [-0.2, -0.15) is 0 Å². The lowest BCUT2D eigenvalue weighted by atomic mass is 10.2. The van der Waals surface area contributed by atoms with Crippen LogP contribution in [-0.4, -0.2) is 55.1 Å². The summed E-state index contributed by atoms with van der Waals surface area (Å²) in [6.07, 6.45) is 2.73. The first-order valence-corrected chi connectivity index (χ1v) is 8.35. The van der Waals surface area contributed by atoms with E-state index in [0.717, 1.165) is 0 Å². The third-order valence-corrected chi connectivity index (χ3v) is 3.55. The summed E-state index contributed by atoms with van der Waals surface area (Å²) in [4.78, 5) is 32.7. The molecular weight excluding hydrogens is 393 g/mol. The van der Waals surface area contributed by atoms with Crippen LogP contribution in [-0.2, 0) is 4.74 Å². The Labute approximate surface area is 168 Å². The van der Waals surface area contributed by atoms with Crippen LogP contribution in [0.3, 0.4) is 0 Å². The zero-order chi connectivity index (χ0) is 18.8. The van der Waals surface area contributed by atoms with Gasteiger partial charge in [0.15, 0.2) is 11.4 Å². The highest BCUT2D eigenvalue weighted by Crippen LogP contribution is 2.14. The van der Waals surface area contributed by atoms with Crippen molar-refractivity contribution in [2.75, 3.05) is 38.7 Å². The summed E-state index contributed by atoms with van der Waals surface area (Å²) in [6.45, 7) is 2.23. The molecular formula is C17H21Cl2N5O3. The van der Waals surface area contributed by atoms with Gasteiger partial charge in [-0.1, -0.05) is 11.6 Å². The predicted molar refractivity (Wildman–Crippen MR) is 106 cm³/mol. The molecule has 2 aromatic rings. The largest absolute Gasteiger partial charge is 0.383 e. The molecule has 0 aliphatic heterocycles. The van der Waals surface area contributed by atoms with Gasteiger partial charge in [0.05, 0.1) is 6.61 Å². The molecule has 3 N–H and O–H groups in total. The predicted octanol–water partition coefficient (Wildman–Crippen LogP) is 1.77. The van der Waals surface area contributed by atoms with E-state index in [4.69, 9.17) is 16.3 Å². The first kappa shape index (κ1) is 22.8. The number of nitrogens with zero attached hydrogens (tertiary/aromatic N) is 2. The van der Waals surface area contributed by atoms with Crippen LogP contribution in [0.4, 0.5) is 5.69 Å². The number of aromatic nitrogens is 2. The number of amides is 2. The van der Waals surface area contributed by atoms with Crippen molar-refractivity contribution in [1.82, 2.24) is 20.6 Å². The number of hydrogen-bond donors (Lipinski definition) is 3. The van der Waals surface area contributed by atoms with Gasteiger partial charge in [-0.05, 0) is 24.3 Å².